The highest BCUT2D eigenvalue weighted by Crippen LogP contribution is 2.25. The van der Waals surface area contributed by atoms with Crippen LogP contribution >= 0.6 is 0 Å². The third kappa shape index (κ3) is 4.37. The number of rotatable bonds is 5. The fraction of sp³-hybridized carbons (Fsp3) is 0.680. The zero-order chi connectivity index (χ0) is 22.2. The summed E-state index contributed by atoms with van der Waals surface area (Å²) in [5.74, 6) is 1.42. The molecule has 2 saturated heterocycles. The molecule has 2 unspecified atom stereocenters. The van der Waals surface area contributed by atoms with Crippen molar-refractivity contribution in [2.75, 3.05) is 31.1 Å². The molecule has 0 bridgehead atoms. The number of anilines is 1. The second kappa shape index (κ2) is 9.02. The highest BCUT2D eigenvalue weighted by molar-refractivity contribution is 5.35. The fourth-order valence-corrected chi connectivity index (χ4v) is 5.68. The van der Waals surface area contributed by atoms with Crippen LogP contribution in [0.1, 0.15) is 60.8 Å². The van der Waals surface area contributed by atoms with Gasteiger partial charge in [-0.3, -0.25) is 14.7 Å². The van der Waals surface area contributed by atoms with Crippen LogP contribution in [0, 0.1) is 19.8 Å². The molecular weight excluding hydrogens is 402 g/mol. The average Bonchev–Trinajstić information content (AvgIpc) is 3.38. The quantitative estimate of drug-likeness (QED) is 0.775. The summed E-state index contributed by atoms with van der Waals surface area (Å²) < 4.78 is 8.26. The SMILES string of the molecule is Cc1cc(CN2CCc3nc(N4CCCC(C)C4)[nH]c(=O)c3C2)c(C)n1CC1CCCO1. The van der Waals surface area contributed by atoms with E-state index < -0.39 is 0 Å². The number of fused-ring (bicyclic) bond motifs is 1. The second-order valence-corrected chi connectivity index (χ2v) is 10.1. The normalized spacial score (nSPS) is 24.2. The van der Waals surface area contributed by atoms with Crippen molar-refractivity contribution in [3.8, 4) is 0 Å². The summed E-state index contributed by atoms with van der Waals surface area (Å²) >= 11 is 0. The van der Waals surface area contributed by atoms with E-state index in [1.807, 2.05) is 0 Å². The van der Waals surface area contributed by atoms with Gasteiger partial charge in [0, 0.05) is 63.7 Å². The number of hydrogen-bond donors (Lipinski definition) is 1. The molecule has 0 aliphatic carbocycles. The van der Waals surface area contributed by atoms with Gasteiger partial charge in [-0.05, 0) is 57.1 Å². The lowest BCUT2D eigenvalue weighted by Crippen LogP contribution is -2.39. The molecular formula is C25H37N5O2. The Hall–Kier alpha value is -2.12. The third-order valence-electron chi connectivity index (χ3n) is 7.57. The summed E-state index contributed by atoms with van der Waals surface area (Å²) in [6.45, 7) is 13.0. The van der Waals surface area contributed by atoms with Crippen LogP contribution in [0.4, 0.5) is 5.95 Å². The summed E-state index contributed by atoms with van der Waals surface area (Å²) in [7, 11) is 0. The van der Waals surface area contributed by atoms with E-state index in [4.69, 9.17) is 9.72 Å². The van der Waals surface area contributed by atoms with Crippen molar-refractivity contribution in [2.24, 2.45) is 5.92 Å². The number of hydrogen-bond acceptors (Lipinski definition) is 5. The van der Waals surface area contributed by atoms with Crippen LogP contribution in [-0.2, 0) is 30.8 Å². The number of aromatic nitrogens is 3. The first-order chi connectivity index (χ1) is 15.5. The lowest BCUT2D eigenvalue weighted by molar-refractivity contribution is 0.0961. The summed E-state index contributed by atoms with van der Waals surface area (Å²) in [6.07, 6.45) is 5.94. The number of piperidine rings is 1. The van der Waals surface area contributed by atoms with Crippen LogP contribution in [-0.4, -0.2) is 51.8 Å². The standard InChI is InChI=1S/C25H37N5O2/c1-17-6-4-9-29(13-17)25-26-23-8-10-28(16-22(23)24(31)27-25)14-20-12-18(2)30(19(20)3)15-21-7-5-11-32-21/h12,17,21H,4-11,13-16H2,1-3H3,(H,26,27,31). The Kier molecular flexibility index (Phi) is 6.12. The van der Waals surface area contributed by atoms with Crippen LogP contribution in [0.2, 0.25) is 0 Å². The Labute approximate surface area is 190 Å². The van der Waals surface area contributed by atoms with Gasteiger partial charge in [0.15, 0.2) is 0 Å². The van der Waals surface area contributed by atoms with Crippen molar-refractivity contribution in [1.29, 1.82) is 0 Å². The lowest BCUT2D eigenvalue weighted by atomic mass is 10.0. The van der Waals surface area contributed by atoms with Gasteiger partial charge < -0.3 is 14.2 Å². The molecule has 5 heterocycles. The molecule has 5 rings (SSSR count). The molecule has 2 aromatic heterocycles. The Bertz CT molecular complexity index is 1020. The van der Waals surface area contributed by atoms with Crippen molar-refractivity contribution in [3.63, 3.8) is 0 Å². The molecule has 7 nitrogen and oxygen atoms in total. The van der Waals surface area contributed by atoms with E-state index in [9.17, 15) is 4.79 Å². The van der Waals surface area contributed by atoms with Gasteiger partial charge in [-0.15, -0.1) is 0 Å². The Balaban J connectivity index is 1.29. The van der Waals surface area contributed by atoms with Gasteiger partial charge in [-0.25, -0.2) is 4.98 Å². The zero-order valence-electron chi connectivity index (χ0n) is 19.8. The van der Waals surface area contributed by atoms with Crippen LogP contribution in [0.3, 0.4) is 0 Å². The number of nitrogens with one attached hydrogen (secondary N) is 1. The monoisotopic (exact) mass is 439 g/mol. The first-order valence-corrected chi connectivity index (χ1v) is 12.3. The van der Waals surface area contributed by atoms with Gasteiger partial charge in [0.05, 0.1) is 17.4 Å². The molecule has 2 atom stereocenters. The van der Waals surface area contributed by atoms with E-state index in [2.05, 4.69) is 46.2 Å². The predicted octanol–water partition coefficient (Wildman–Crippen LogP) is 3.16. The van der Waals surface area contributed by atoms with Gasteiger partial charge in [-0.1, -0.05) is 6.92 Å². The maximum absolute atomic E-state index is 13.0. The maximum atomic E-state index is 13.0. The first kappa shape index (κ1) is 21.7. The molecule has 7 heteroatoms. The average molecular weight is 440 g/mol. The molecule has 3 aliphatic rings. The van der Waals surface area contributed by atoms with Crippen LogP contribution in [0.5, 0.6) is 0 Å². The van der Waals surface area contributed by atoms with Crippen LogP contribution in [0.25, 0.3) is 0 Å². The molecule has 0 amide bonds. The molecule has 2 fully saturated rings. The van der Waals surface area contributed by atoms with Crippen molar-refractivity contribution < 1.29 is 4.74 Å². The highest BCUT2D eigenvalue weighted by Gasteiger charge is 2.26. The molecule has 3 aliphatic heterocycles. The van der Waals surface area contributed by atoms with E-state index in [1.54, 1.807) is 0 Å². The Morgan fingerprint density at radius 2 is 2.09 bits per heavy atom. The molecule has 0 spiro atoms. The summed E-state index contributed by atoms with van der Waals surface area (Å²) in [4.78, 5) is 25.6. The molecule has 0 saturated carbocycles. The molecule has 174 valence electrons. The second-order valence-electron chi connectivity index (χ2n) is 10.1. The number of ether oxygens (including phenoxy) is 1. The van der Waals surface area contributed by atoms with Gasteiger partial charge in [0.25, 0.3) is 5.56 Å². The zero-order valence-corrected chi connectivity index (χ0v) is 19.8. The largest absolute Gasteiger partial charge is 0.376 e. The van der Waals surface area contributed by atoms with Crippen molar-refractivity contribution >= 4 is 5.95 Å². The van der Waals surface area contributed by atoms with Gasteiger partial charge in [0.2, 0.25) is 5.95 Å². The minimum Gasteiger partial charge on any atom is -0.376 e. The van der Waals surface area contributed by atoms with Crippen LogP contribution < -0.4 is 10.5 Å². The lowest BCUT2D eigenvalue weighted by Gasteiger charge is -2.33. The van der Waals surface area contributed by atoms with Gasteiger partial charge >= 0.3 is 0 Å². The van der Waals surface area contributed by atoms with E-state index in [1.165, 1.54) is 36.2 Å². The van der Waals surface area contributed by atoms with Crippen molar-refractivity contribution in [3.05, 3.63) is 44.6 Å². The van der Waals surface area contributed by atoms with E-state index in [0.717, 1.165) is 69.4 Å². The summed E-state index contributed by atoms with van der Waals surface area (Å²) in [5, 5.41) is 0. The number of nitrogens with zero attached hydrogens (tertiary/aromatic N) is 4. The predicted molar refractivity (Wildman–Crippen MR) is 126 cm³/mol. The van der Waals surface area contributed by atoms with Gasteiger partial charge in [-0.2, -0.15) is 0 Å². The van der Waals surface area contributed by atoms with Crippen molar-refractivity contribution in [2.45, 2.75) is 78.6 Å². The number of aromatic amines is 1. The Morgan fingerprint density at radius 3 is 2.88 bits per heavy atom. The maximum Gasteiger partial charge on any atom is 0.257 e. The molecule has 32 heavy (non-hydrogen) atoms. The van der Waals surface area contributed by atoms with Crippen molar-refractivity contribution in [1.82, 2.24) is 19.4 Å². The Morgan fingerprint density at radius 1 is 1.22 bits per heavy atom. The molecule has 2 aromatic rings. The minimum absolute atomic E-state index is 0.0387. The summed E-state index contributed by atoms with van der Waals surface area (Å²) in [5.41, 5.74) is 5.85. The molecule has 0 radical (unpaired) electrons. The van der Waals surface area contributed by atoms with E-state index in [-0.39, 0.29) is 5.56 Å². The van der Waals surface area contributed by atoms with E-state index in [0.29, 0.717) is 18.6 Å². The summed E-state index contributed by atoms with van der Waals surface area (Å²) in [6, 6.07) is 2.31. The third-order valence-corrected chi connectivity index (χ3v) is 7.57. The number of aryl methyl sites for hydroxylation is 1. The van der Waals surface area contributed by atoms with E-state index >= 15 is 0 Å². The fourth-order valence-electron chi connectivity index (χ4n) is 5.68. The first-order valence-electron chi connectivity index (χ1n) is 12.3. The minimum atomic E-state index is 0.0387. The number of H-pyrrole nitrogens is 1. The molecule has 0 aromatic carbocycles. The van der Waals surface area contributed by atoms with Gasteiger partial charge in [0.1, 0.15) is 0 Å². The smallest absolute Gasteiger partial charge is 0.257 e. The highest BCUT2D eigenvalue weighted by atomic mass is 16.5. The topological polar surface area (TPSA) is 66.4 Å². The van der Waals surface area contributed by atoms with Crippen LogP contribution in [0.15, 0.2) is 10.9 Å². The molecule has 1 N–H and O–H groups in total.